The minimum atomic E-state index is -0.205. The van der Waals surface area contributed by atoms with E-state index in [9.17, 15) is 4.79 Å². The average Bonchev–Trinajstić information content (AvgIpc) is 2.90. The molecule has 2 rings (SSSR count). The topological polar surface area (TPSA) is 44.4 Å². The summed E-state index contributed by atoms with van der Waals surface area (Å²) in [5, 5.41) is 6.48. The standard InChI is InChI=1S/C14H27N3O/c1-12(17-8-3-4-9-17)10-16-13(18)14(2)6-5-7-15-11-14/h12,15H,3-11H2,1-2H3,(H,16,18). The van der Waals surface area contributed by atoms with Crippen LogP contribution in [0.25, 0.3) is 0 Å². The Morgan fingerprint density at radius 1 is 1.39 bits per heavy atom. The van der Waals surface area contributed by atoms with Gasteiger partial charge in [0.15, 0.2) is 0 Å². The van der Waals surface area contributed by atoms with Crippen molar-refractivity contribution >= 4 is 5.91 Å². The van der Waals surface area contributed by atoms with Gasteiger partial charge in [0.05, 0.1) is 5.41 Å². The summed E-state index contributed by atoms with van der Waals surface area (Å²) in [6.45, 7) is 9.33. The Hall–Kier alpha value is -0.610. The highest BCUT2D eigenvalue weighted by Crippen LogP contribution is 2.25. The predicted molar refractivity (Wildman–Crippen MR) is 73.5 cm³/mol. The monoisotopic (exact) mass is 253 g/mol. The minimum absolute atomic E-state index is 0.205. The molecular formula is C14H27N3O. The van der Waals surface area contributed by atoms with Crippen LogP contribution in [0.4, 0.5) is 0 Å². The van der Waals surface area contributed by atoms with Crippen molar-refractivity contribution in [1.29, 1.82) is 0 Å². The lowest BCUT2D eigenvalue weighted by Crippen LogP contribution is -2.51. The molecule has 2 aliphatic rings. The van der Waals surface area contributed by atoms with Crippen LogP contribution in [-0.2, 0) is 4.79 Å². The van der Waals surface area contributed by atoms with E-state index in [1.54, 1.807) is 0 Å². The molecule has 0 spiro atoms. The zero-order valence-electron chi connectivity index (χ0n) is 11.8. The summed E-state index contributed by atoms with van der Waals surface area (Å²) in [7, 11) is 0. The highest BCUT2D eigenvalue weighted by Gasteiger charge is 2.34. The lowest BCUT2D eigenvalue weighted by atomic mass is 9.82. The van der Waals surface area contributed by atoms with Crippen LogP contribution in [0, 0.1) is 5.41 Å². The largest absolute Gasteiger partial charge is 0.354 e. The second kappa shape index (κ2) is 6.02. The zero-order valence-corrected chi connectivity index (χ0v) is 11.8. The van der Waals surface area contributed by atoms with E-state index in [0.717, 1.165) is 32.5 Å². The van der Waals surface area contributed by atoms with Gasteiger partial charge in [0.1, 0.15) is 0 Å². The molecule has 18 heavy (non-hydrogen) atoms. The Morgan fingerprint density at radius 3 is 2.72 bits per heavy atom. The fraction of sp³-hybridized carbons (Fsp3) is 0.929. The van der Waals surface area contributed by atoms with Gasteiger partial charge >= 0.3 is 0 Å². The number of hydrogen-bond donors (Lipinski definition) is 2. The average molecular weight is 253 g/mol. The number of carbonyl (C=O) groups excluding carboxylic acids is 1. The van der Waals surface area contributed by atoms with Gasteiger partial charge in [-0.1, -0.05) is 0 Å². The van der Waals surface area contributed by atoms with Gasteiger partial charge in [-0.2, -0.15) is 0 Å². The van der Waals surface area contributed by atoms with Crippen molar-refractivity contribution in [3.05, 3.63) is 0 Å². The fourth-order valence-electron chi connectivity index (χ4n) is 3.02. The molecule has 104 valence electrons. The molecule has 2 heterocycles. The maximum Gasteiger partial charge on any atom is 0.227 e. The summed E-state index contributed by atoms with van der Waals surface area (Å²) in [5.41, 5.74) is -0.205. The molecule has 0 aliphatic carbocycles. The molecule has 2 aliphatic heterocycles. The van der Waals surface area contributed by atoms with Crippen LogP contribution >= 0.6 is 0 Å². The van der Waals surface area contributed by atoms with Crippen molar-refractivity contribution in [3.63, 3.8) is 0 Å². The Kier molecular flexibility index (Phi) is 4.62. The number of carbonyl (C=O) groups is 1. The number of amides is 1. The van der Waals surface area contributed by atoms with E-state index in [0.29, 0.717) is 6.04 Å². The van der Waals surface area contributed by atoms with Crippen molar-refractivity contribution < 1.29 is 4.79 Å². The molecule has 2 atom stereocenters. The smallest absolute Gasteiger partial charge is 0.227 e. The maximum atomic E-state index is 12.3. The first kappa shape index (κ1) is 13.8. The van der Waals surface area contributed by atoms with Crippen LogP contribution < -0.4 is 10.6 Å². The Labute approximate surface area is 110 Å². The molecule has 2 fully saturated rings. The summed E-state index contributed by atoms with van der Waals surface area (Å²) < 4.78 is 0. The zero-order chi connectivity index (χ0) is 13.0. The second-order valence-electron chi connectivity index (χ2n) is 6.14. The van der Waals surface area contributed by atoms with Crippen molar-refractivity contribution in [1.82, 2.24) is 15.5 Å². The molecule has 2 unspecified atom stereocenters. The Bertz CT molecular complexity index is 281. The van der Waals surface area contributed by atoms with Crippen LogP contribution in [0.15, 0.2) is 0 Å². The normalized spacial score (nSPS) is 31.2. The van der Waals surface area contributed by atoms with Crippen molar-refractivity contribution in [3.8, 4) is 0 Å². The van der Waals surface area contributed by atoms with Gasteiger partial charge in [0.2, 0.25) is 5.91 Å². The molecule has 0 saturated carbocycles. The number of nitrogens with zero attached hydrogens (tertiary/aromatic N) is 1. The molecule has 0 aromatic rings. The molecule has 0 aromatic heterocycles. The van der Waals surface area contributed by atoms with Gasteiger partial charge in [-0.25, -0.2) is 0 Å². The van der Waals surface area contributed by atoms with Crippen LogP contribution in [-0.4, -0.2) is 49.6 Å². The van der Waals surface area contributed by atoms with E-state index in [1.807, 2.05) is 0 Å². The first-order valence-electron chi connectivity index (χ1n) is 7.35. The molecule has 2 saturated heterocycles. The van der Waals surface area contributed by atoms with Gasteiger partial charge < -0.3 is 10.6 Å². The Balaban J connectivity index is 1.76. The van der Waals surface area contributed by atoms with Gasteiger partial charge in [0, 0.05) is 19.1 Å². The van der Waals surface area contributed by atoms with Crippen molar-refractivity contribution in [2.75, 3.05) is 32.7 Å². The van der Waals surface area contributed by atoms with Crippen LogP contribution in [0.5, 0.6) is 0 Å². The van der Waals surface area contributed by atoms with Crippen LogP contribution in [0.2, 0.25) is 0 Å². The number of piperidine rings is 1. The summed E-state index contributed by atoms with van der Waals surface area (Å²) in [5.74, 6) is 0.223. The highest BCUT2D eigenvalue weighted by molar-refractivity contribution is 5.82. The second-order valence-corrected chi connectivity index (χ2v) is 6.14. The van der Waals surface area contributed by atoms with E-state index < -0.39 is 0 Å². The molecule has 0 radical (unpaired) electrons. The summed E-state index contributed by atoms with van der Waals surface area (Å²) in [6, 6.07) is 0.469. The number of hydrogen-bond acceptors (Lipinski definition) is 3. The molecule has 0 bridgehead atoms. The Morgan fingerprint density at radius 2 is 2.11 bits per heavy atom. The minimum Gasteiger partial charge on any atom is -0.354 e. The van der Waals surface area contributed by atoms with Gasteiger partial charge in [-0.3, -0.25) is 9.69 Å². The number of nitrogens with one attached hydrogen (secondary N) is 2. The number of likely N-dealkylation sites (tertiary alicyclic amines) is 1. The van der Waals surface area contributed by atoms with E-state index >= 15 is 0 Å². The van der Waals surface area contributed by atoms with Gasteiger partial charge in [-0.15, -0.1) is 0 Å². The molecule has 4 nitrogen and oxygen atoms in total. The SMILES string of the molecule is CC(CNC(=O)C1(C)CCCNC1)N1CCCC1. The highest BCUT2D eigenvalue weighted by atomic mass is 16.2. The van der Waals surface area contributed by atoms with E-state index in [1.165, 1.54) is 25.9 Å². The number of rotatable bonds is 4. The molecule has 2 N–H and O–H groups in total. The summed E-state index contributed by atoms with van der Waals surface area (Å²) in [6.07, 6.45) is 4.72. The first-order chi connectivity index (χ1) is 8.62. The predicted octanol–water partition coefficient (Wildman–Crippen LogP) is 0.977. The third-order valence-electron chi connectivity index (χ3n) is 4.47. The maximum absolute atomic E-state index is 12.3. The van der Waals surface area contributed by atoms with E-state index in [-0.39, 0.29) is 11.3 Å². The molecule has 0 aromatic carbocycles. The lowest BCUT2D eigenvalue weighted by Gasteiger charge is -2.33. The van der Waals surface area contributed by atoms with Crippen molar-refractivity contribution in [2.24, 2.45) is 5.41 Å². The fourth-order valence-corrected chi connectivity index (χ4v) is 3.02. The third kappa shape index (κ3) is 3.23. The molecule has 4 heteroatoms. The van der Waals surface area contributed by atoms with Gasteiger partial charge in [0.25, 0.3) is 0 Å². The third-order valence-corrected chi connectivity index (χ3v) is 4.47. The van der Waals surface area contributed by atoms with E-state index in [2.05, 4.69) is 29.4 Å². The van der Waals surface area contributed by atoms with Crippen LogP contribution in [0.3, 0.4) is 0 Å². The van der Waals surface area contributed by atoms with E-state index in [4.69, 9.17) is 0 Å². The lowest BCUT2D eigenvalue weighted by molar-refractivity contribution is -0.131. The first-order valence-corrected chi connectivity index (χ1v) is 7.35. The molecular weight excluding hydrogens is 226 g/mol. The van der Waals surface area contributed by atoms with Crippen LogP contribution in [0.1, 0.15) is 39.5 Å². The quantitative estimate of drug-likeness (QED) is 0.785. The summed E-state index contributed by atoms with van der Waals surface area (Å²) in [4.78, 5) is 14.7. The van der Waals surface area contributed by atoms with Crippen molar-refractivity contribution in [2.45, 2.75) is 45.6 Å². The van der Waals surface area contributed by atoms with Gasteiger partial charge in [-0.05, 0) is 59.2 Å². The summed E-state index contributed by atoms with van der Waals surface area (Å²) >= 11 is 0. The molecule has 1 amide bonds.